The lowest BCUT2D eigenvalue weighted by Crippen LogP contribution is -2.23. The lowest BCUT2D eigenvalue weighted by atomic mass is 10.2. The normalized spacial score (nSPS) is 10.1. The van der Waals surface area contributed by atoms with E-state index >= 15 is 0 Å². The first kappa shape index (κ1) is 18.9. The quantitative estimate of drug-likeness (QED) is 0.731. The van der Waals surface area contributed by atoms with E-state index < -0.39 is 11.7 Å². The van der Waals surface area contributed by atoms with Crippen molar-refractivity contribution >= 4 is 29.1 Å². The summed E-state index contributed by atoms with van der Waals surface area (Å²) in [5.74, 6) is -2.10. The van der Waals surface area contributed by atoms with Gasteiger partial charge in [-0.05, 0) is 42.5 Å². The first-order chi connectivity index (χ1) is 12.3. The molecule has 4 N–H and O–H groups in total. The van der Waals surface area contributed by atoms with Crippen molar-refractivity contribution in [1.82, 2.24) is 4.90 Å². The predicted octanol–water partition coefficient (Wildman–Crippen LogP) is 1.68. The molecular formula is C18H19FN4O3. The average Bonchev–Trinajstić information content (AvgIpc) is 2.59. The zero-order valence-electron chi connectivity index (χ0n) is 14.4. The Balaban J connectivity index is 1.92. The van der Waals surface area contributed by atoms with Gasteiger partial charge in [-0.2, -0.15) is 0 Å². The number of amides is 3. The number of nitrogens with zero attached hydrogens (tertiary/aromatic N) is 1. The average molecular weight is 358 g/mol. The summed E-state index contributed by atoms with van der Waals surface area (Å²) in [6.07, 6.45) is 0. The van der Waals surface area contributed by atoms with Crippen molar-refractivity contribution in [2.45, 2.75) is 0 Å². The molecule has 7 nitrogen and oxygen atoms in total. The van der Waals surface area contributed by atoms with Gasteiger partial charge in [0.25, 0.3) is 11.8 Å². The van der Waals surface area contributed by atoms with Gasteiger partial charge in [-0.3, -0.25) is 14.4 Å². The Morgan fingerprint density at radius 3 is 2.19 bits per heavy atom. The minimum Gasteiger partial charge on any atom is -0.376 e. The second kappa shape index (κ2) is 8.11. The zero-order valence-corrected chi connectivity index (χ0v) is 14.4. The van der Waals surface area contributed by atoms with Crippen LogP contribution in [0.2, 0.25) is 0 Å². The monoisotopic (exact) mass is 358 g/mol. The molecule has 0 spiro atoms. The van der Waals surface area contributed by atoms with Crippen molar-refractivity contribution in [3.05, 3.63) is 59.4 Å². The number of carbonyl (C=O) groups excluding carboxylic acids is 3. The van der Waals surface area contributed by atoms with Gasteiger partial charge in [0.05, 0.1) is 12.1 Å². The molecule has 0 unspecified atom stereocenters. The van der Waals surface area contributed by atoms with Crippen LogP contribution in [0.5, 0.6) is 0 Å². The minimum absolute atomic E-state index is 0.103. The number of nitrogens with one attached hydrogen (secondary N) is 2. The lowest BCUT2D eigenvalue weighted by molar-refractivity contribution is -0.114. The number of carbonyl (C=O) groups is 3. The van der Waals surface area contributed by atoms with Gasteiger partial charge < -0.3 is 21.3 Å². The Bertz CT molecular complexity index is 835. The van der Waals surface area contributed by atoms with Crippen molar-refractivity contribution in [2.75, 3.05) is 31.3 Å². The Morgan fingerprint density at radius 2 is 1.65 bits per heavy atom. The van der Waals surface area contributed by atoms with Gasteiger partial charge in [0, 0.05) is 31.0 Å². The molecule has 0 bridgehead atoms. The molecule has 2 aromatic rings. The molecule has 0 aromatic heterocycles. The molecule has 0 aliphatic rings. The summed E-state index contributed by atoms with van der Waals surface area (Å²) in [4.78, 5) is 36.2. The Kier molecular flexibility index (Phi) is 5.90. The fourth-order valence-corrected chi connectivity index (χ4v) is 2.17. The van der Waals surface area contributed by atoms with E-state index in [0.29, 0.717) is 16.9 Å². The SMILES string of the molecule is CN(C)C(=O)c1ccc(NC(=O)CNc2ccc(C(N)=O)c(F)c2)cc1. The molecule has 0 saturated heterocycles. The summed E-state index contributed by atoms with van der Waals surface area (Å²) in [5, 5.41) is 5.41. The van der Waals surface area contributed by atoms with Gasteiger partial charge in [0.2, 0.25) is 5.91 Å². The maximum absolute atomic E-state index is 13.7. The van der Waals surface area contributed by atoms with Crippen LogP contribution in [0.4, 0.5) is 15.8 Å². The Hall–Kier alpha value is -3.42. The van der Waals surface area contributed by atoms with Gasteiger partial charge in [-0.25, -0.2) is 4.39 Å². The van der Waals surface area contributed by atoms with E-state index in [9.17, 15) is 18.8 Å². The van der Waals surface area contributed by atoms with E-state index in [0.717, 1.165) is 6.07 Å². The second-order valence-corrected chi connectivity index (χ2v) is 5.74. The number of anilines is 2. The van der Waals surface area contributed by atoms with Gasteiger partial charge in [-0.15, -0.1) is 0 Å². The second-order valence-electron chi connectivity index (χ2n) is 5.74. The number of nitrogens with two attached hydrogens (primary N) is 1. The summed E-state index contributed by atoms with van der Waals surface area (Å²) in [6, 6.07) is 10.3. The van der Waals surface area contributed by atoms with Gasteiger partial charge in [-0.1, -0.05) is 0 Å². The van der Waals surface area contributed by atoms with E-state index in [2.05, 4.69) is 10.6 Å². The number of benzene rings is 2. The van der Waals surface area contributed by atoms with Crippen LogP contribution in [0.25, 0.3) is 0 Å². The molecule has 0 aliphatic heterocycles. The van der Waals surface area contributed by atoms with Gasteiger partial charge >= 0.3 is 0 Å². The highest BCUT2D eigenvalue weighted by atomic mass is 19.1. The minimum atomic E-state index is -0.858. The Morgan fingerprint density at radius 1 is 1.04 bits per heavy atom. The van der Waals surface area contributed by atoms with E-state index in [1.807, 2.05) is 0 Å². The van der Waals surface area contributed by atoms with Crippen LogP contribution in [-0.2, 0) is 4.79 Å². The van der Waals surface area contributed by atoms with Crippen LogP contribution in [0.15, 0.2) is 42.5 Å². The number of hydrogen-bond donors (Lipinski definition) is 3. The standard InChI is InChI=1S/C18H19FN4O3/c1-23(2)18(26)11-3-5-12(6-4-11)22-16(24)10-21-13-7-8-14(17(20)25)15(19)9-13/h3-9,21H,10H2,1-2H3,(H2,20,25)(H,22,24). The lowest BCUT2D eigenvalue weighted by Gasteiger charge is -2.11. The van der Waals surface area contributed by atoms with Crippen LogP contribution in [-0.4, -0.2) is 43.3 Å². The highest BCUT2D eigenvalue weighted by Gasteiger charge is 2.10. The number of halogens is 1. The van der Waals surface area contributed by atoms with Crippen molar-refractivity contribution in [3.8, 4) is 0 Å². The molecule has 26 heavy (non-hydrogen) atoms. The summed E-state index contributed by atoms with van der Waals surface area (Å²) in [6.45, 7) is -0.103. The molecule has 0 aliphatic carbocycles. The molecular weight excluding hydrogens is 339 g/mol. The third-order valence-corrected chi connectivity index (χ3v) is 3.51. The largest absolute Gasteiger partial charge is 0.376 e. The highest BCUT2D eigenvalue weighted by molar-refractivity contribution is 5.96. The maximum Gasteiger partial charge on any atom is 0.253 e. The van der Waals surface area contributed by atoms with Crippen LogP contribution >= 0.6 is 0 Å². The molecule has 8 heteroatoms. The van der Waals surface area contributed by atoms with Crippen LogP contribution < -0.4 is 16.4 Å². The summed E-state index contributed by atoms with van der Waals surface area (Å²) < 4.78 is 13.7. The summed E-state index contributed by atoms with van der Waals surface area (Å²) in [7, 11) is 3.31. The first-order valence-corrected chi connectivity index (χ1v) is 7.72. The smallest absolute Gasteiger partial charge is 0.253 e. The first-order valence-electron chi connectivity index (χ1n) is 7.72. The molecule has 136 valence electrons. The molecule has 0 atom stereocenters. The molecule has 0 saturated carbocycles. The molecule has 2 rings (SSSR count). The van der Waals surface area contributed by atoms with Crippen LogP contribution in [0.3, 0.4) is 0 Å². The molecule has 0 heterocycles. The van der Waals surface area contributed by atoms with E-state index in [1.165, 1.54) is 17.0 Å². The van der Waals surface area contributed by atoms with Crippen molar-refractivity contribution in [3.63, 3.8) is 0 Å². The maximum atomic E-state index is 13.7. The fraction of sp³-hybridized carbons (Fsp3) is 0.167. The van der Waals surface area contributed by atoms with Crippen molar-refractivity contribution in [1.29, 1.82) is 0 Å². The fourth-order valence-electron chi connectivity index (χ4n) is 2.17. The summed E-state index contributed by atoms with van der Waals surface area (Å²) in [5.41, 5.74) is 6.20. The van der Waals surface area contributed by atoms with E-state index in [1.54, 1.807) is 38.4 Å². The van der Waals surface area contributed by atoms with Crippen LogP contribution in [0, 0.1) is 5.82 Å². The van der Waals surface area contributed by atoms with E-state index in [4.69, 9.17) is 5.73 Å². The highest BCUT2D eigenvalue weighted by Crippen LogP contribution is 2.14. The van der Waals surface area contributed by atoms with E-state index in [-0.39, 0.29) is 23.9 Å². The van der Waals surface area contributed by atoms with Crippen molar-refractivity contribution in [2.24, 2.45) is 5.73 Å². The van der Waals surface area contributed by atoms with Crippen molar-refractivity contribution < 1.29 is 18.8 Å². The molecule has 2 aromatic carbocycles. The number of hydrogen-bond acceptors (Lipinski definition) is 4. The zero-order chi connectivity index (χ0) is 19.3. The molecule has 0 fully saturated rings. The third kappa shape index (κ3) is 4.79. The third-order valence-electron chi connectivity index (χ3n) is 3.51. The van der Waals surface area contributed by atoms with Crippen LogP contribution in [0.1, 0.15) is 20.7 Å². The Labute approximate surface area is 150 Å². The number of rotatable bonds is 6. The summed E-state index contributed by atoms with van der Waals surface area (Å²) >= 11 is 0. The van der Waals surface area contributed by atoms with Gasteiger partial charge in [0.1, 0.15) is 5.82 Å². The molecule has 3 amide bonds. The number of primary amides is 1. The van der Waals surface area contributed by atoms with Gasteiger partial charge in [0.15, 0.2) is 0 Å². The molecule has 0 radical (unpaired) electrons. The topological polar surface area (TPSA) is 105 Å². The predicted molar refractivity (Wildman–Crippen MR) is 96.5 cm³/mol.